The Morgan fingerprint density at radius 3 is 1.63 bits per heavy atom. The first-order valence-electron chi connectivity index (χ1n) is 25.3. The maximum Gasteiger partial charge on any atom is 0.348 e. The van der Waals surface area contributed by atoms with E-state index in [1.807, 2.05) is 0 Å². The molecule has 348 valence electrons. The van der Waals surface area contributed by atoms with Gasteiger partial charge in [0.05, 0.1) is 13.2 Å². The van der Waals surface area contributed by atoms with E-state index in [4.69, 9.17) is 14.2 Å². The van der Waals surface area contributed by atoms with Gasteiger partial charge in [-0.1, -0.05) is 182 Å². The quantitative estimate of drug-likeness (QED) is 0.0369. The molecule has 0 amide bonds. The van der Waals surface area contributed by atoms with Gasteiger partial charge >= 0.3 is 17.9 Å². The van der Waals surface area contributed by atoms with Crippen LogP contribution in [0.2, 0.25) is 0 Å². The van der Waals surface area contributed by atoms with Crippen LogP contribution < -0.4 is 0 Å². The molecule has 59 heavy (non-hydrogen) atoms. The third-order valence-electron chi connectivity index (χ3n) is 12.8. The zero-order chi connectivity index (χ0) is 43.6. The number of nitrogens with zero attached hydrogens (tertiary/aromatic N) is 1. The first-order valence-corrected chi connectivity index (χ1v) is 25.3. The summed E-state index contributed by atoms with van der Waals surface area (Å²) in [5, 5.41) is 9.92. The van der Waals surface area contributed by atoms with E-state index in [-0.39, 0.29) is 41.4 Å². The maximum atomic E-state index is 13.2. The molecule has 0 bridgehead atoms. The summed E-state index contributed by atoms with van der Waals surface area (Å²) >= 11 is 0. The Morgan fingerprint density at radius 1 is 0.627 bits per heavy atom. The van der Waals surface area contributed by atoms with Crippen LogP contribution in [0.1, 0.15) is 254 Å². The summed E-state index contributed by atoms with van der Waals surface area (Å²) in [5.41, 5.74) is -0.168. The molecule has 1 N–H and O–H groups in total. The van der Waals surface area contributed by atoms with Gasteiger partial charge in [0.25, 0.3) is 0 Å². The molecule has 0 aliphatic carbocycles. The molecule has 1 fully saturated rings. The largest absolute Gasteiger partial charge is 0.466 e. The van der Waals surface area contributed by atoms with E-state index in [1.165, 1.54) is 109 Å². The summed E-state index contributed by atoms with van der Waals surface area (Å²) in [6, 6.07) is 0. The Bertz CT molecular complexity index is 1030. The topological polar surface area (TPSA) is 102 Å². The Hall–Kier alpha value is -1.67. The van der Waals surface area contributed by atoms with Crippen molar-refractivity contribution >= 4 is 17.9 Å². The summed E-state index contributed by atoms with van der Waals surface area (Å²) in [6.07, 6.45) is 33.6. The van der Waals surface area contributed by atoms with Crippen molar-refractivity contribution in [2.45, 2.75) is 272 Å². The van der Waals surface area contributed by atoms with Crippen molar-refractivity contribution in [2.24, 2.45) is 11.3 Å². The Morgan fingerprint density at radius 2 is 1.10 bits per heavy atom. The molecule has 1 heterocycles. The number of β-amino-alcohol motifs (C(OH)–C–C–N with tert-alkyl or cyclic N) is 1. The minimum absolute atomic E-state index is 0.0412. The molecule has 0 spiro atoms. The van der Waals surface area contributed by atoms with E-state index in [0.29, 0.717) is 26.0 Å². The van der Waals surface area contributed by atoms with Gasteiger partial charge in [0.2, 0.25) is 6.10 Å². The van der Waals surface area contributed by atoms with Crippen molar-refractivity contribution in [3.8, 4) is 0 Å². The highest BCUT2D eigenvalue weighted by atomic mass is 16.6. The molecule has 0 radical (unpaired) electrons. The summed E-state index contributed by atoms with van der Waals surface area (Å²) in [4.78, 5) is 41.3. The van der Waals surface area contributed by atoms with Crippen LogP contribution in [-0.2, 0) is 28.6 Å². The fourth-order valence-electron chi connectivity index (χ4n) is 9.27. The maximum absolute atomic E-state index is 13.2. The van der Waals surface area contributed by atoms with Gasteiger partial charge in [-0.25, -0.2) is 9.59 Å². The van der Waals surface area contributed by atoms with Crippen LogP contribution in [-0.4, -0.2) is 72.0 Å². The number of carbonyl (C=O) groups is 3. The van der Waals surface area contributed by atoms with Crippen LogP contribution in [0.3, 0.4) is 0 Å². The average Bonchev–Trinajstić information content (AvgIpc) is 3.19. The van der Waals surface area contributed by atoms with Crippen molar-refractivity contribution in [1.29, 1.82) is 0 Å². The molecule has 0 aromatic heterocycles. The first kappa shape index (κ1) is 55.3. The number of unbranched alkanes of at least 4 members (excludes halogenated alkanes) is 22. The van der Waals surface area contributed by atoms with Crippen LogP contribution in [0.4, 0.5) is 0 Å². The second kappa shape index (κ2) is 34.9. The summed E-state index contributed by atoms with van der Waals surface area (Å²) < 4.78 is 17.2. The van der Waals surface area contributed by atoms with Crippen molar-refractivity contribution in [1.82, 2.24) is 4.90 Å². The molecule has 0 saturated carbocycles. The van der Waals surface area contributed by atoms with Gasteiger partial charge in [-0.2, -0.15) is 0 Å². The van der Waals surface area contributed by atoms with E-state index in [2.05, 4.69) is 53.4 Å². The molecule has 1 aliphatic rings. The van der Waals surface area contributed by atoms with Crippen LogP contribution >= 0.6 is 0 Å². The number of rotatable bonds is 41. The number of carbonyl (C=O) groups excluding carboxylic acids is 3. The van der Waals surface area contributed by atoms with Gasteiger partial charge in [0, 0.05) is 24.4 Å². The first-order chi connectivity index (χ1) is 28.4. The summed E-state index contributed by atoms with van der Waals surface area (Å²) in [5.74, 6) is -0.734. The number of aliphatic hydroxyl groups excluding tert-OH is 1. The van der Waals surface area contributed by atoms with Crippen LogP contribution in [0.5, 0.6) is 0 Å². The van der Waals surface area contributed by atoms with E-state index < -0.39 is 12.2 Å². The lowest BCUT2D eigenvalue weighted by molar-refractivity contribution is -0.200. The number of hydrogen-bond donors (Lipinski definition) is 1. The molecular formula is C51H97NO7. The monoisotopic (exact) mass is 836 g/mol. The molecule has 8 heteroatoms. The molecule has 0 aromatic carbocycles. The number of aliphatic hydroxyl groups is 1. The van der Waals surface area contributed by atoms with Gasteiger partial charge in [0.1, 0.15) is 0 Å². The normalized spacial score (nSPS) is 16.2. The second-order valence-electron chi connectivity index (χ2n) is 19.6. The molecule has 0 aromatic rings. The van der Waals surface area contributed by atoms with Crippen molar-refractivity contribution in [3.63, 3.8) is 0 Å². The third-order valence-corrected chi connectivity index (χ3v) is 12.8. The van der Waals surface area contributed by atoms with Gasteiger partial charge < -0.3 is 19.3 Å². The molecule has 2 unspecified atom stereocenters. The molecule has 8 nitrogen and oxygen atoms in total. The Balaban J connectivity index is 2.41. The average molecular weight is 836 g/mol. The Labute approximate surface area is 364 Å². The minimum Gasteiger partial charge on any atom is -0.466 e. The standard InChI is InChI=1S/C51H97NO7/c1-8-11-14-17-20-21-22-28-33-42-57-46(54)37-38-50(4,5)43-51(6,7)52(40-41-53)39-32-27-23-26-31-36-45-48(55)59-47(49(56)58-45)44(34-29-24-18-15-12-9-2)35-30-25-19-16-13-10-3/h44-45,47,53H,8-43H2,1-7H3. The number of esters is 3. The molecule has 1 saturated heterocycles. The highest BCUT2D eigenvalue weighted by molar-refractivity contribution is 5.87. The SMILES string of the molecule is CCCCCCCCCCCOC(=O)CCC(C)(C)CC(C)(C)N(CCO)CCCCCCCC1OC(=O)C(C(CCCCCCCC)CCCCCCCC)OC1=O. The minimum atomic E-state index is -0.784. The van der Waals surface area contributed by atoms with Gasteiger partial charge in [-0.3, -0.25) is 9.69 Å². The smallest absolute Gasteiger partial charge is 0.348 e. The van der Waals surface area contributed by atoms with Crippen LogP contribution in [0.25, 0.3) is 0 Å². The molecule has 1 aliphatic heterocycles. The molecule has 1 rings (SSSR count). The van der Waals surface area contributed by atoms with Crippen LogP contribution in [0.15, 0.2) is 0 Å². The van der Waals surface area contributed by atoms with E-state index in [0.717, 1.165) is 90.0 Å². The Kier molecular flexibility index (Phi) is 32.7. The van der Waals surface area contributed by atoms with E-state index in [1.54, 1.807) is 0 Å². The fraction of sp³-hybridized carbons (Fsp3) is 0.941. The highest BCUT2D eigenvalue weighted by Crippen LogP contribution is 2.36. The van der Waals surface area contributed by atoms with E-state index in [9.17, 15) is 19.5 Å². The van der Waals surface area contributed by atoms with Gasteiger partial charge in [0.15, 0.2) is 6.10 Å². The number of hydrogen-bond acceptors (Lipinski definition) is 8. The van der Waals surface area contributed by atoms with Crippen molar-refractivity contribution < 1.29 is 33.7 Å². The predicted octanol–water partition coefficient (Wildman–Crippen LogP) is 13.6. The predicted molar refractivity (Wildman–Crippen MR) is 245 cm³/mol. The number of ether oxygens (including phenoxy) is 3. The highest BCUT2D eigenvalue weighted by Gasteiger charge is 2.42. The van der Waals surface area contributed by atoms with Crippen LogP contribution in [0, 0.1) is 11.3 Å². The third kappa shape index (κ3) is 27.8. The zero-order valence-corrected chi connectivity index (χ0v) is 40.0. The van der Waals surface area contributed by atoms with E-state index >= 15 is 0 Å². The summed E-state index contributed by atoms with van der Waals surface area (Å²) in [7, 11) is 0. The molecule has 2 atom stereocenters. The number of cyclic esters (lactones) is 2. The lowest BCUT2D eigenvalue weighted by Crippen LogP contribution is -2.48. The van der Waals surface area contributed by atoms with Gasteiger partial charge in [-0.15, -0.1) is 0 Å². The molecular weight excluding hydrogens is 739 g/mol. The van der Waals surface area contributed by atoms with Gasteiger partial charge in [-0.05, 0) is 77.2 Å². The lowest BCUT2D eigenvalue weighted by Gasteiger charge is -2.43. The zero-order valence-electron chi connectivity index (χ0n) is 40.0. The lowest BCUT2D eigenvalue weighted by atomic mass is 9.76. The second-order valence-corrected chi connectivity index (χ2v) is 19.6. The summed E-state index contributed by atoms with van der Waals surface area (Å²) in [6.45, 7) is 17.9. The van der Waals surface area contributed by atoms with Crippen molar-refractivity contribution in [2.75, 3.05) is 26.3 Å². The fourth-order valence-corrected chi connectivity index (χ4v) is 9.27. The van der Waals surface area contributed by atoms with Crippen molar-refractivity contribution in [3.05, 3.63) is 0 Å².